The molecule has 0 radical (unpaired) electrons. The monoisotopic (exact) mass is 384 g/mol. The lowest BCUT2D eigenvalue weighted by atomic mass is 9.72. The van der Waals surface area contributed by atoms with Crippen LogP contribution < -0.4 is 5.32 Å². The van der Waals surface area contributed by atoms with E-state index in [-0.39, 0.29) is 24.1 Å². The van der Waals surface area contributed by atoms with Crippen molar-refractivity contribution in [2.45, 2.75) is 38.0 Å². The van der Waals surface area contributed by atoms with E-state index in [9.17, 15) is 9.18 Å². The third-order valence-electron chi connectivity index (χ3n) is 5.72. The summed E-state index contributed by atoms with van der Waals surface area (Å²) in [5.41, 5.74) is 0.171. The van der Waals surface area contributed by atoms with Crippen molar-refractivity contribution in [1.29, 1.82) is 0 Å². The Morgan fingerprint density at radius 1 is 1.31 bits per heavy atom. The van der Waals surface area contributed by atoms with E-state index in [0.29, 0.717) is 32.0 Å². The average molecular weight is 385 g/mol. The highest BCUT2D eigenvalue weighted by atomic mass is 35.5. The standard InChI is InChI=1S/C20H29FN2O2.ClH/c1-2-22-15-16-6-10-23(11-7-16)19(24)20(8-12-25-13-9-20)17-4-3-5-18(21)14-17;/h3-5,14,16,22H,2,6-13,15H2,1H3;1H. The lowest BCUT2D eigenvalue weighted by molar-refractivity contribution is -0.142. The Morgan fingerprint density at radius 2 is 2.00 bits per heavy atom. The molecule has 0 aliphatic carbocycles. The summed E-state index contributed by atoms with van der Waals surface area (Å²) in [6.45, 7) is 6.84. The van der Waals surface area contributed by atoms with Gasteiger partial charge in [-0.25, -0.2) is 4.39 Å². The molecule has 0 unspecified atom stereocenters. The topological polar surface area (TPSA) is 41.6 Å². The number of ether oxygens (including phenoxy) is 1. The molecule has 3 rings (SSSR count). The number of piperidine rings is 1. The fourth-order valence-corrected chi connectivity index (χ4v) is 4.12. The Bertz CT molecular complexity index is 585. The summed E-state index contributed by atoms with van der Waals surface area (Å²) in [6, 6.07) is 6.57. The maximum atomic E-state index is 13.8. The molecule has 2 aliphatic rings. The summed E-state index contributed by atoms with van der Waals surface area (Å²) in [5.74, 6) is 0.521. The van der Waals surface area contributed by atoms with Gasteiger partial charge in [0, 0.05) is 26.3 Å². The molecule has 1 aromatic rings. The summed E-state index contributed by atoms with van der Waals surface area (Å²) < 4.78 is 19.3. The van der Waals surface area contributed by atoms with Gasteiger partial charge in [-0.15, -0.1) is 12.4 Å². The molecule has 2 fully saturated rings. The number of halogens is 2. The highest BCUT2D eigenvalue weighted by molar-refractivity contribution is 5.88. The number of benzene rings is 1. The first kappa shape index (κ1) is 21.1. The molecular weight excluding hydrogens is 355 g/mol. The number of carbonyl (C=O) groups excluding carboxylic acids is 1. The van der Waals surface area contributed by atoms with E-state index in [4.69, 9.17) is 4.74 Å². The molecular formula is C20H30ClFN2O2. The van der Waals surface area contributed by atoms with Gasteiger partial charge in [-0.3, -0.25) is 4.79 Å². The maximum Gasteiger partial charge on any atom is 0.233 e. The Morgan fingerprint density at radius 3 is 2.62 bits per heavy atom. The fourth-order valence-electron chi connectivity index (χ4n) is 4.12. The molecule has 0 spiro atoms. The molecule has 6 heteroatoms. The molecule has 0 atom stereocenters. The zero-order chi connectivity index (χ0) is 17.7. The molecule has 2 heterocycles. The van der Waals surface area contributed by atoms with Crippen LogP contribution in [0.3, 0.4) is 0 Å². The van der Waals surface area contributed by atoms with Crippen LogP contribution in [0.2, 0.25) is 0 Å². The van der Waals surface area contributed by atoms with Crippen LogP contribution in [0.25, 0.3) is 0 Å². The van der Waals surface area contributed by atoms with Crippen molar-refractivity contribution >= 4 is 18.3 Å². The van der Waals surface area contributed by atoms with Gasteiger partial charge in [-0.2, -0.15) is 0 Å². The Kier molecular flexibility index (Phi) is 7.86. The normalized spacial score (nSPS) is 20.5. The second-order valence-electron chi connectivity index (χ2n) is 7.25. The predicted octanol–water partition coefficient (Wildman–Crippen LogP) is 3.14. The molecule has 0 bridgehead atoms. The molecule has 1 N–H and O–H groups in total. The summed E-state index contributed by atoms with van der Waals surface area (Å²) in [6.07, 6.45) is 3.34. The fraction of sp³-hybridized carbons (Fsp3) is 0.650. The molecule has 1 aromatic carbocycles. The van der Waals surface area contributed by atoms with Crippen LogP contribution in [0.4, 0.5) is 4.39 Å². The summed E-state index contributed by atoms with van der Waals surface area (Å²) in [5, 5.41) is 3.40. The van der Waals surface area contributed by atoms with Crippen LogP contribution in [-0.4, -0.2) is 50.2 Å². The second kappa shape index (κ2) is 9.67. The van der Waals surface area contributed by atoms with Crippen molar-refractivity contribution in [3.63, 3.8) is 0 Å². The van der Waals surface area contributed by atoms with Gasteiger partial charge in [0.15, 0.2) is 0 Å². The smallest absolute Gasteiger partial charge is 0.233 e. The van der Waals surface area contributed by atoms with E-state index >= 15 is 0 Å². The molecule has 2 aliphatic heterocycles. The first-order valence-electron chi connectivity index (χ1n) is 9.49. The van der Waals surface area contributed by atoms with Crippen LogP contribution in [0.1, 0.15) is 38.2 Å². The van der Waals surface area contributed by atoms with E-state index in [1.54, 1.807) is 6.07 Å². The Hall–Kier alpha value is -1.17. The largest absolute Gasteiger partial charge is 0.381 e. The van der Waals surface area contributed by atoms with Gasteiger partial charge >= 0.3 is 0 Å². The summed E-state index contributed by atoms with van der Waals surface area (Å²) >= 11 is 0. The lowest BCUT2D eigenvalue weighted by Crippen LogP contribution is -2.52. The van der Waals surface area contributed by atoms with Crippen LogP contribution in [0.15, 0.2) is 24.3 Å². The van der Waals surface area contributed by atoms with Gasteiger partial charge in [0.1, 0.15) is 5.82 Å². The minimum Gasteiger partial charge on any atom is -0.381 e. The molecule has 0 aromatic heterocycles. The lowest BCUT2D eigenvalue weighted by Gasteiger charge is -2.42. The highest BCUT2D eigenvalue weighted by Crippen LogP contribution is 2.38. The SMILES string of the molecule is CCNCC1CCN(C(=O)C2(c3cccc(F)c3)CCOCC2)CC1.Cl. The molecule has 4 nitrogen and oxygen atoms in total. The number of amides is 1. The number of hydrogen-bond acceptors (Lipinski definition) is 3. The molecule has 1 amide bonds. The average Bonchev–Trinajstić information content (AvgIpc) is 2.67. The zero-order valence-corrected chi connectivity index (χ0v) is 16.3. The predicted molar refractivity (Wildman–Crippen MR) is 103 cm³/mol. The van der Waals surface area contributed by atoms with Gasteiger partial charge < -0.3 is 15.0 Å². The number of hydrogen-bond donors (Lipinski definition) is 1. The van der Waals surface area contributed by atoms with Crippen molar-refractivity contribution in [3.8, 4) is 0 Å². The second-order valence-corrected chi connectivity index (χ2v) is 7.25. The van der Waals surface area contributed by atoms with Gasteiger partial charge in [0.05, 0.1) is 5.41 Å². The van der Waals surface area contributed by atoms with Crippen LogP contribution in [-0.2, 0) is 14.9 Å². The molecule has 26 heavy (non-hydrogen) atoms. The van der Waals surface area contributed by atoms with Gasteiger partial charge in [0.2, 0.25) is 5.91 Å². The van der Waals surface area contributed by atoms with Crippen LogP contribution in [0, 0.1) is 11.7 Å². The van der Waals surface area contributed by atoms with E-state index in [0.717, 1.165) is 44.6 Å². The van der Waals surface area contributed by atoms with Crippen molar-refractivity contribution in [2.24, 2.45) is 5.92 Å². The number of rotatable bonds is 5. The number of nitrogens with zero attached hydrogens (tertiary/aromatic N) is 1. The molecule has 146 valence electrons. The van der Waals surface area contributed by atoms with Gasteiger partial charge in [-0.05, 0) is 62.4 Å². The number of nitrogens with one attached hydrogen (secondary N) is 1. The quantitative estimate of drug-likeness (QED) is 0.847. The maximum absolute atomic E-state index is 13.8. The number of likely N-dealkylation sites (tertiary alicyclic amines) is 1. The van der Waals surface area contributed by atoms with E-state index in [1.165, 1.54) is 12.1 Å². The van der Waals surface area contributed by atoms with Crippen molar-refractivity contribution < 1.29 is 13.9 Å². The van der Waals surface area contributed by atoms with E-state index in [1.807, 2.05) is 11.0 Å². The van der Waals surface area contributed by atoms with Gasteiger partial charge in [0.25, 0.3) is 0 Å². The van der Waals surface area contributed by atoms with E-state index in [2.05, 4.69) is 12.2 Å². The first-order valence-corrected chi connectivity index (χ1v) is 9.49. The third-order valence-corrected chi connectivity index (χ3v) is 5.72. The Labute approximate surface area is 161 Å². The summed E-state index contributed by atoms with van der Waals surface area (Å²) in [7, 11) is 0. The third kappa shape index (κ3) is 4.56. The minimum atomic E-state index is -0.630. The first-order chi connectivity index (χ1) is 12.2. The van der Waals surface area contributed by atoms with Crippen LogP contribution in [0.5, 0.6) is 0 Å². The zero-order valence-electron chi connectivity index (χ0n) is 15.5. The van der Waals surface area contributed by atoms with Crippen molar-refractivity contribution in [2.75, 3.05) is 39.4 Å². The molecule has 2 saturated heterocycles. The summed E-state index contributed by atoms with van der Waals surface area (Å²) in [4.78, 5) is 15.4. The molecule has 0 saturated carbocycles. The Balaban J connectivity index is 0.00000243. The van der Waals surface area contributed by atoms with Crippen molar-refractivity contribution in [1.82, 2.24) is 10.2 Å². The van der Waals surface area contributed by atoms with Crippen LogP contribution >= 0.6 is 12.4 Å². The highest BCUT2D eigenvalue weighted by Gasteiger charge is 2.44. The number of carbonyl (C=O) groups is 1. The minimum absolute atomic E-state index is 0. The van der Waals surface area contributed by atoms with Gasteiger partial charge in [-0.1, -0.05) is 19.1 Å². The van der Waals surface area contributed by atoms with E-state index < -0.39 is 5.41 Å². The van der Waals surface area contributed by atoms with Crippen molar-refractivity contribution in [3.05, 3.63) is 35.6 Å².